The van der Waals surface area contributed by atoms with E-state index in [-0.39, 0.29) is 12.5 Å². The third-order valence-corrected chi connectivity index (χ3v) is 4.56. The Morgan fingerprint density at radius 1 is 1.04 bits per heavy atom. The molecule has 0 unspecified atom stereocenters. The molecule has 1 aliphatic rings. The molecule has 2 N–H and O–H groups in total. The normalized spacial score (nSPS) is 13.8. The molecule has 1 fully saturated rings. The lowest BCUT2D eigenvalue weighted by Gasteiger charge is -2.18. The fourth-order valence-corrected chi connectivity index (χ4v) is 3.07. The van der Waals surface area contributed by atoms with Crippen LogP contribution in [0.5, 0.6) is 0 Å². The van der Waals surface area contributed by atoms with Crippen molar-refractivity contribution < 1.29 is 4.79 Å². The summed E-state index contributed by atoms with van der Waals surface area (Å²) in [5.74, 6) is -0.178. The van der Waals surface area contributed by atoms with Crippen LogP contribution >= 0.6 is 23.2 Å². The molecule has 4 nitrogen and oxygen atoms in total. The Morgan fingerprint density at radius 2 is 1.75 bits per heavy atom. The zero-order valence-corrected chi connectivity index (χ0v) is 14.7. The Morgan fingerprint density at radius 3 is 2.46 bits per heavy atom. The van der Waals surface area contributed by atoms with Gasteiger partial charge in [0.05, 0.1) is 17.3 Å². The summed E-state index contributed by atoms with van der Waals surface area (Å²) in [6, 6.07) is 13.1. The molecule has 6 heteroatoms. The number of hydrogen-bond acceptors (Lipinski definition) is 3. The summed E-state index contributed by atoms with van der Waals surface area (Å²) >= 11 is 12.0. The number of anilines is 3. The number of carbonyl (C=O) groups excluding carboxylic acids is 1. The average molecular weight is 364 g/mol. The number of carbonyl (C=O) groups is 1. The minimum absolute atomic E-state index is 0.159. The maximum absolute atomic E-state index is 12.0. The summed E-state index contributed by atoms with van der Waals surface area (Å²) in [5, 5.41) is 6.85. The predicted molar refractivity (Wildman–Crippen MR) is 101 cm³/mol. The van der Waals surface area contributed by atoms with Crippen molar-refractivity contribution in [2.45, 2.75) is 12.8 Å². The van der Waals surface area contributed by atoms with E-state index < -0.39 is 0 Å². The summed E-state index contributed by atoms with van der Waals surface area (Å²) in [5.41, 5.74) is 2.65. The highest BCUT2D eigenvalue weighted by atomic mass is 35.5. The van der Waals surface area contributed by atoms with Crippen molar-refractivity contribution in [3.8, 4) is 0 Å². The number of halogens is 2. The van der Waals surface area contributed by atoms with E-state index in [1.54, 1.807) is 18.2 Å². The van der Waals surface area contributed by atoms with Gasteiger partial charge in [-0.25, -0.2) is 0 Å². The molecule has 0 bridgehead atoms. The fourth-order valence-electron chi connectivity index (χ4n) is 2.74. The van der Waals surface area contributed by atoms with Crippen LogP contribution < -0.4 is 15.5 Å². The Hall–Kier alpha value is -1.91. The number of rotatable bonds is 5. The van der Waals surface area contributed by atoms with Gasteiger partial charge in [-0.1, -0.05) is 23.2 Å². The van der Waals surface area contributed by atoms with Gasteiger partial charge in [-0.2, -0.15) is 0 Å². The van der Waals surface area contributed by atoms with Crippen LogP contribution in [0.15, 0.2) is 42.5 Å². The molecule has 0 saturated carbocycles. The third kappa shape index (κ3) is 4.34. The minimum Gasteiger partial charge on any atom is -0.376 e. The molecule has 3 rings (SSSR count). The maximum Gasteiger partial charge on any atom is 0.243 e. The second-order valence-electron chi connectivity index (χ2n) is 5.77. The van der Waals surface area contributed by atoms with Gasteiger partial charge in [0, 0.05) is 29.5 Å². The first kappa shape index (κ1) is 16.9. The van der Waals surface area contributed by atoms with Crippen LogP contribution in [0.25, 0.3) is 0 Å². The quantitative estimate of drug-likeness (QED) is 0.812. The molecule has 24 heavy (non-hydrogen) atoms. The highest BCUT2D eigenvalue weighted by Crippen LogP contribution is 2.25. The van der Waals surface area contributed by atoms with Crippen molar-refractivity contribution in [1.82, 2.24) is 0 Å². The van der Waals surface area contributed by atoms with Gasteiger partial charge >= 0.3 is 0 Å². The van der Waals surface area contributed by atoms with Crippen LogP contribution in [0, 0.1) is 0 Å². The molecular weight excluding hydrogens is 345 g/mol. The van der Waals surface area contributed by atoms with E-state index in [1.165, 1.54) is 18.5 Å². The van der Waals surface area contributed by atoms with Crippen molar-refractivity contribution in [1.29, 1.82) is 0 Å². The van der Waals surface area contributed by atoms with Gasteiger partial charge in [-0.3, -0.25) is 4.79 Å². The highest BCUT2D eigenvalue weighted by Gasteiger charge is 2.12. The first-order chi connectivity index (χ1) is 11.6. The molecule has 1 aliphatic heterocycles. The predicted octanol–water partition coefficient (Wildman–Crippen LogP) is 4.64. The zero-order chi connectivity index (χ0) is 16.9. The van der Waals surface area contributed by atoms with E-state index in [0.717, 1.165) is 18.8 Å². The van der Waals surface area contributed by atoms with E-state index in [2.05, 4.69) is 27.7 Å². The van der Waals surface area contributed by atoms with E-state index in [1.807, 2.05) is 12.1 Å². The summed E-state index contributed by atoms with van der Waals surface area (Å²) < 4.78 is 0. The highest BCUT2D eigenvalue weighted by molar-refractivity contribution is 6.35. The monoisotopic (exact) mass is 363 g/mol. The second-order valence-corrected chi connectivity index (χ2v) is 6.61. The van der Waals surface area contributed by atoms with Gasteiger partial charge in [-0.05, 0) is 55.3 Å². The average Bonchev–Trinajstić information content (AvgIpc) is 3.11. The molecule has 126 valence electrons. The van der Waals surface area contributed by atoms with Crippen molar-refractivity contribution >= 4 is 46.2 Å². The lowest BCUT2D eigenvalue weighted by Crippen LogP contribution is -2.22. The first-order valence-electron chi connectivity index (χ1n) is 7.95. The third-order valence-electron chi connectivity index (χ3n) is 3.99. The summed E-state index contributed by atoms with van der Waals surface area (Å²) in [6.45, 7) is 2.40. The summed E-state index contributed by atoms with van der Waals surface area (Å²) in [7, 11) is 0. The molecular formula is C18H19Cl2N3O. The van der Waals surface area contributed by atoms with Gasteiger partial charge in [0.15, 0.2) is 0 Å². The molecule has 1 saturated heterocycles. The topological polar surface area (TPSA) is 44.4 Å². The Balaban J connectivity index is 1.53. The van der Waals surface area contributed by atoms with Crippen LogP contribution in [0.3, 0.4) is 0 Å². The van der Waals surface area contributed by atoms with Crippen molar-refractivity contribution in [3.05, 3.63) is 52.5 Å². The molecule has 1 heterocycles. The maximum atomic E-state index is 12.0. The zero-order valence-electron chi connectivity index (χ0n) is 13.2. The van der Waals surface area contributed by atoms with Gasteiger partial charge < -0.3 is 15.5 Å². The SMILES string of the molecule is O=C(CNc1ccc(N2CCCC2)cc1)Nc1cc(Cl)ccc1Cl. The molecule has 0 radical (unpaired) electrons. The number of nitrogens with one attached hydrogen (secondary N) is 2. The fraction of sp³-hybridized carbons (Fsp3) is 0.278. The van der Waals surface area contributed by atoms with Crippen LogP contribution in [-0.2, 0) is 4.79 Å². The van der Waals surface area contributed by atoms with E-state index in [0.29, 0.717) is 15.7 Å². The second kappa shape index (κ2) is 7.77. The standard InChI is InChI=1S/C18H19Cl2N3O/c19-13-3-8-16(20)17(11-13)22-18(24)12-21-14-4-6-15(7-5-14)23-9-1-2-10-23/h3-8,11,21H,1-2,9-10,12H2,(H,22,24). The van der Waals surface area contributed by atoms with Crippen LogP contribution in [0.2, 0.25) is 10.0 Å². The van der Waals surface area contributed by atoms with Gasteiger partial charge in [-0.15, -0.1) is 0 Å². The number of hydrogen-bond donors (Lipinski definition) is 2. The molecule has 0 aliphatic carbocycles. The van der Waals surface area contributed by atoms with E-state index in [4.69, 9.17) is 23.2 Å². The largest absolute Gasteiger partial charge is 0.376 e. The van der Waals surface area contributed by atoms with Gasteiger partial charge in [0.2, 0.25) is 5.91 Å². The van der Waals surface area contributed by atoms with Crippen molar-refractivity contribution in [2.75, 3.05) is 35.2 Å². The molecule has 0 aromatic heterocycles. The Kier molecular flexibility index (Phi) is 5.48. The molecule has 2 aromatic carbocycles. The van der Waals surface area contributed by atoms with E-state index >= 15 is 0 Å². The summed E-state index contributed by atoms with van der Waals surface area (Å²) in [6.07, 6.45) is 2.51. The molecule has 0 spiro atoms. The number of nitrogens with zero attached hydrogens (tertiary/aromatic N) is 1. The van der Waals surface area contributed by atoms with Gasteiger partial charge in [0.1, 0.15) is 0 Å². The van der Waals surface area contributed by atoms with Gasteiger partial charge in [0.25, 0.3) is 0 Å². The molecule has 1 amide bonds. The van der Waals surface area contributed by atoms with Crippen molar-refractivity contribution in [3.63, 3.8) is 0 Å². The van der Waals surface area contributed by atoms with Crippen LogP contribution in [0.4, 0.5) is 17.1 Å². The molecule has 0 atom stereocenters. The minimum atomic E-state index is -0.178. The Bertz CT molecular complexity index is 713. The smallest absolute Gasteiger partial charge is 0.243 e. The lowest BCUT2D eigenvalue weighted by molar-refractivity contribution is -0.114. The number of amides is 1. The number of benzene rings is 2. The van der Waals surface area contributed by atoms with Crippen LogP contribution in [0.1, 0.15) is 12.8 Å². The summed E-state index contributed by atoms with van der Waals surface area (Å²) in [4.78, 5) is 14.4. The van der Waals surface area contributed by atoms with Crippen LogP contribution in [-0.4, -0.2) is 25.5 Å². The molecule has 2 aromatic rings. The van der Waals surface area contributed by atoms with Crippen molar-refractivity contribution in [2.24, 2.45) is 0 Å². The van der Waals surface area contributed by atoms with E-state index in [9.17, 15) is 4.79 Å². The first-order valence-corrected chi connectivity index (χ1v) is 8.71. The lowest BCUT2D eigenvalue weighted by atomic mass is 10.2. The Labute approximate surface area is 151 Å².